The van der Waals surface area contributed by atoms with Crippen LogP contribution in [0.25, 0.3) is 11.1 Å². The first kappa shape index (κ1) is 18.5. The van der Waals surface area contributed by atoms with Gasteiger partial charge in [-0.15, -0.1) is 0 Å². The predicted molar refractivity (Wildman–Crippen MR) is 99.9 cm³/mol. The fourth-order valence-corrected chi connectivity index (χ4v) is 2.93. The molecule has 3 rings (SSSR count). The minimum atomic E-state index is -0.949. The molecule has 0 N–H and O–H groups in total. The third-order valence-electron chi connectivity index (χ3n) is 4.30. The van der Waals surface area contributed by atoms with Crippen molar-refractivity contribution in [3.05, 3.63) is 60.2 Å². The summed E-state index contributed by atoms with van der Waals surface area (Å²) in [7, 11) is 0. The van der Waals surface area contributed by atoms with E-state index in [0.717, 1.165) is 20.9 Å². The van der Waals surface area contributed by atoms with E-state index in [2.05, 4.69) is 0 Å². The summed E-state index contributed by atoms with van der Waals surface area (Å²) in [6.07, 6.45) is 0. The van der Waals surface area contributed by atoms with Gasteiger partial charge in [-0.25, -0.2) is 9.69 Å². The van der Waals surface area contributed by atoms with Gasteiger partial charge >= 0.3 is 17.8 Å². The van der Waals surface area contributed by atoms with Gasteiger partial charge in [-0.3, -0.25) is 19.3 Å². The highest BCUT2D eigenvalue weighted by molar-refractivity contribution is 6.45. The third kappa shape index (κ3) is 3.79. The van der Waals surface area contributed by atoms with Crippen LogP contribution in [0.3, 0.4) is 0 Å². The zero-order valence-electron chi connectivity index (χ0n) is 15.2. The van der Waals surface area contributed by atoms with Crippen LogP contribution >= 0.6 is 0 Å². The Morgan fingerprint density at radius 3 is 1.96 bits per heavy atom. The lowest BCUT2D eigenvalue weighted by atomic mass is 10.0. The molecule has 2 aromatic carbocycles. The smallest absolute Gasteiger partial charge is 0.292 e. The fraction of sp³-hybridized carbons (Fsp3) is 0.238. The summed E-state index contributed by atoms with van der Waals surface area (Å²) in [6.45, 7) is 3.39. The monoisotopic (exact) mass is 364 g/mol. The number of amides is 4. The van der Waals surface area contributed by atoms with Crippen LogP contribution in [0, 0.1) is 5.92 Å². The number of benzene rings is 2. The number of imide groups is 2. The van der Waals surface area contributed by atoms with Crippen LogP contribution in [0.4, 0.5) is 4.79 Å². The molecule has 4 amide bonds. The fourth-order valence-electron chi connectivity index (χ4n) is 2.93. The molecule has 138 valence electrons. The van der Waals surface area contributed by atoms with Gasteiger partial charge < -0.3 is 0 Å². The Labute approximate surface area is 157 Å². The van der Waals surface area contributed by atoms with E-state index >= 15 is 0 Å². The van der Waals surface area contributed by atoms with E-state index in [4.69, 9.17) is 0 Å². The Bertz CT molecular complexity index is 888. The number of carbonyl (C=O) groups is 4. The van der Waals surface area contributed by atoms with Crippen LogP contribution in [0.15, 0.2) is 54.6 Å². The Kier molecular flexibility index (Phi) is 5.16. The SMILES string of the molecule is CC(C)CN1C(=O)C(=O)N(CC(=O)c2ccc(-c3ccccc3)cc2)C1=O. The molecule has 0 unspecified atom stereocenters. The quantitative estimate of drug-likeness (QED) is 0.449. The molecule has 0 saturated carbocycles. The first-order chi connectivity index (χ1) is 12.9. The van der Waals surface area contributed by atoms with Gasteiger partial charge in [0.15, 0.2) is 5.78 Å². The number of hydrogen-bond donors (Lipinski definition) is 0. The van der Waals surface area contributed by atoms with Crippen molar-refractivity contribution < 1.29 is 19.2 Å². The first-order valence-electron chi connectivity index (χ1n) is 8.74. The van der Waals surface area contributed by atoms with Gasteiger partial charge in [-0.1, -0.05) is 68.4 Å². The number of carbonyl (C=O) groups excluding carboxylic acids is 4. The molecule has 27 heavy (non-hydrogen) atoms. The Hall–Kier alpha value is -3.28. The number of ketones is 1. The molecule has 0 aromatic heterocycles. The van der Waals surface area contributed by atoms with E-state index in [-0.39, 0.29) is 12.5 Å². The van der Waals surface area contributed by atoms with Crippen molar-refractivity contribution in [2.45, 2.75) is 13.8 Å². The highest BCUT2D eigenvalue weighted by Crippen LogP contribution is 2.20. The summed E-state index contributed by atoms with van der Waals surface area (Å²) in [6, 6.07) is 15.9. The molecule has 1 aliphatic rings. The van der Waals surface area contributed by atoms with Crippen LogP contribution in [0.1, 0.15) is 24.2 Å². The van der Waals surface area contributed by atoms with E-state index in [0.29, 0.717) is 5.56 Å². The van der Waals surface area contributed by atoms with Crippen LogP contribution in [-0.4, -0.2) is 46.5 Å². The second kappa shape index (κ2) is 7.53. The predicted octanol–water partition coefficient (Wildman–Crippen LogP) is 2.98. The topological polar surface area (TPSA) is 74.8 Å². The van der Waals surface area contributed by atoms with Crippen molar-refractivity contribution in [3.63, 3.8) is 0 Å². The number of Topliss-reactive ketones (excluding diaryl/α,β-unsaturated/α-hetero) is 1. The highest BCUT2D eigenvalue weighted by Gasteiger charge is 2.45. The summed E-state index contributed by atoms with van der Waals surface area (Å²) in [5.74, 6) is -2.18. The van der Waals surface area contributed by atoms with Gasteiger partial charge in [-0.2, -0.15) is 0 Å². The highest BCUT2D eigenvalue weighted by atomic mass is 16.2. The second-order valence-corrected chi connectivity index (χ2v) is 6.85. The number of nitrogens with zero attached hydrogens (tertiary/aromatic N) is 2. The van der Waals surface area contributed by atoms with Gasteiger partial charge in [0.25, 0.3) is 0 Å². The van der Waals surface area contributed by atoms with Crippen molar-refractivity contribution in [3.8, 4) is 11.1 Å². The molecule has 0 spiro atoms. The molecule has 0 atom stereocenters. The third-order valence-corrected chi connectivity index (χ3v) is 4.30. The van der Waals surface area contributed by atoms with Crippen LogP contribution in [0.2, 0.25) is 0 Å². The Morgan fingerprint density at radius 1 is 0.815 bits per heavy atom. The van der Waals surface area contributed by atoms with Crippen molar-refractivity contribution in [1.29, 1.82) is 0 Å². The molecule has 1 heterocycles. The first-order valence-corrected chi connectivity index (χ1v) is 8.74. The molecule has 6 heteroatoms. The molecule has 0 aliphatic carbocycles. The van der Waals surface area contributed by atoms with Crippen LogP contribution < -0.4 is 0 Å². The standard InChI is InChI=1S/C21H20N2O4/c1-14(2)12-22-19(25)20(26)23(21(22)27)13-18(24)17-10-8-16(9-11-17)15-6-4-3-5-7-15/h3-11,14H,12-13H2,1-2H3. The molecule has 6 nitrogen and oxygen atoms in total. The number of urea groups is 1. The molecule has 2 aromatic rings. The lowest BCUT2D eigenvalue weighted by Gasteiger charge is -2.16. The van der Waals surface area contributed by atoms with Gasteiger partial charge in [0.1, 0.15) is 0 Å². The number of rotatable bonds is 6. The maximum absolute atomic E-state index is 12.5. The maximum Gasteiger partial charge on any atom is 0.334 e. The average Bonchev–Trinajstić information content (AvgIpc) is 2.86. The number of hydrogen-bond acceptors (Lipinski definition) is 4. The van der Waals surface area contributed by atoms with E-state index in [9.17, 15) is 19.2 Å². The lowest BCUT2D eigenvalue weighted by Crippen LogP contribution is -2.38. The summed E-state index contributed by atoms with van der Waals surface area (Å²) in [5.41, 5.74) is 2.36. The summed E-state index contributed by atoms with van der Waals surface area (Å²) in [5, 5.41) is 0. The molecule has 0 bridgehead atoms. The minimum absolute atomic E-state index is 0.0342. The maximum atomic E-state index is 12.5. The lowest BCUT2D eigenvalue weighted by molar-refractivity contribution is -0.143. The van der Waals surface area contributed by atoms with Crippen LogP contribution in [-0.2, 0) is 9.59 Å². The molecule has 1 aliphatic heterocycles. The van der Waals surface area contributed by atoms with Crippen molar-refractivity contribution >= 4 is 23.6 Å². The summed E-state index contributed by atoms with van der Waals surface area (Å²) in [4.78, 5) is 50.5. The van der Waals surface area contributed by atoms with Crippen molar-refractivity contribution in [2.24, 2.45) is 5.92 Å². The normalized spacial score (nSPS) is 14.4. The van der Waals surface area contributed by atoms with E-state index in [1.54, 1.807) is 12.1 Å². The van der Waals surface area contributed by atoms with Crippen LogP contribution in [0.5, 0.6) is 0 Å². The van der Waals surface area contributed by atoms with Gasteiger partial charge in [0, 0.05) is 12.1 Å². The largest absolute Gasteiger partial charge is 0.334 e. The van der Waals surface area contributed by atoms with Gasteiger partial charge in [0.2, 0.25) is 0 Å². The van der Waals surface area contributed by atoms with E-state index < -0.39 is 30.2 Å². The van der Waals surface area contributed by atoms with Gasteiger partial charge in [-0.05, 0) is 17.0 Å². The summed E-state index contributed by atoms with van der Waals surface area (Å²) >= 11 is 0. The minimum Gasteiger partial charge on any atom is -0.292 e. The zero-order valence-corrected chi connectivity index (χ0v) is 15.2. The Balaban J connectivity index is 1.73. The van der Waals surface area contributed by atoms with Crippen molar-refractivity contribution in [2.75, 3.05) is 13.1 Å². The van der Waals surface area contributed by atoms with Crippen molar-refractivity contribution in [1.82, 2.24) is 9.80 Å². The molecule has 1 fully saturated rings. The zero-order chi connectivity index (χ0) is 19.6. The summed E-state index contributed by atoms with van der Waals surface area (Å²) < 4.78 is 0. The Morgan fingerprint density at radius 2 is 1.37 bits per heavy atom. The average molecular weight is 364 g/mol. The van der Waals surface area contributed by atoms with Gasteiger partial charge in [0.05, 0.1) is 6.54 Å². The van der Waals surface area contributed by atoms with E-state index in [1.165, 1.54) is 0 Å². The molecule has 1 saturated heterocycles. The molecule has 0 radical (unpaired) electrons. The molecular formula is C21H20N2O4. The second-order valence-electron chi connectivity index (χ2n) is 6.85. The molecular weight excluding hydrogens is 344 g/mol. The van der Waals surface area contributed by atoms with E-state index in [1.807, 2.05) is 56.3 Å².